The first kappa shape index (κ1) is 30.1. The Morgan fingerprint density at radius 3 is 1.83 bits per heavy atom. The van der Waals surface area contributed by atoms with Gasteiger partial charge in [-0.2, -0.15) is 0 Å². The number of hydrogen-bond donors (Lipinski definition) is 2. The average molecular weight is 413 g/mol. The second kappa shape index (κ2) is 20.2. The molecule has 29 heavy (non-hydrogen) atoms. The highest BCUT2D eigenvalue weighted by Gasteiger charge is 2.18. The summed E-state index contributed by atoms with van der Waals surface area (Å²) in [5, 5.41) is 17.4. The maximum absolute atomic E-state index is 9.99. The second-order valence-electron chi connectivity index (χ2n) is 8.77. The normalized spacial score (nSPS) is 23.2. The molecule has 172 valence electrons. The average Bonchev–Trinajstić information content (AvgIpc) is 3.10. The van der Waals surface area contributed by atoms with Crippen LogP contribution in [0.5, 0.6) is 0 Å². The van der Waals surface area contributed by atoms with Crippen molar-refractivity contribution in [3.8, 4) is 12.8 Å². The summed E-state index contributed by atoms with van der Waals surface area (Å²) in [6, 6.07) is 0. The second-order valence-corrected chi connectivity index (χ2v) is 8.77. The van der Waals surface area contributed by atoms with Crippen LogP contribution >= 0.6 is 0 Å². The highest BCUT2D eigenvalue weighted by atomic mass is 16.5. The van der Waals surface area contributed by atoms with Gasteiger partial charge in [0.25, 0.3) is 0 Å². The SMILES string of the molecule is C#C.CC(O)C1CCCCC1.CC1CCCC1C.CCC(C)CCOCC(=O)O. The van der Waals surface area contributed by atoms with Crippen LogP contribution in [0.15, 0.2) is 0 Å². The lowest BCUT2D eigenvalue weighted by molar-refractivity contribution is -0.142. The lowest BCUT2D eigenvalue weighted by Gasteiger charge is -2.23. The van der Waals surface area contributed by atoms with E-state index in [2.05, 4.69) is 40.5 Å². The standard InChI is InChI=1S/C8H16O3.C8H16O.C7H14.C2H2/c1-3-7(2)4-5-11-6-8(9)10;1-7(9)8-5-3-2-4-6-8;1-6-4-3-5-7(6)2;1-2/h7H,3-6H2,1-2H3,(H,9,10);7-9H,2-6H2,1H3;6-7H,3-5H2,1-2H3;1-2H. The quantitative estimate of drug-likeness (QED) is 0.388. The molecule has 4 heteroatoms. The molecule has 0 spiro atoms. The third kappa shape index (κ3) is 18.7. The van der Waals surface area contributed by atoms with Gasteiger partial charge in [0.15, 0.2) is 0 Å². The monoisotopic (exact) mass is 412 g/mol. The van der Waals surface area contributed by atoms with Crippen LogP contribution in [0.25, 0.3) is 0 Å². The molecule has 2 N–H and O–H groups in total. The Labute approximate surface area is 180 Å². The van der Waals surface area contributed by atoms with Crippen LogP contribution in [0.4, 0.5) is 0 Å². The van der Waals surface area contributed by atoms with Crippen molar-refractivity contribution in [2.24, 2.45) is 23.7 Å². The Balaban J connectivity index is 0. The Morgan fingerprint density at radius 2 is 1.52 bits per heavy atom. The topological polar surface area (TPSA) is 66.8 Å². The summed E-state index contributed by atoms with van der Waals surface area (Å²) >= 11 is 0. The molecule has 0 heterocycles. The Bertz CT molecular complexity index is 378. The van der Waals surface area contributed by atoms with Crippen molar-refractivity contribution in [1.29, 1.82) is 0 Å². The van der Waals surface area contributed by atoms with Gasteiger partial charge >= 0.3 is 5.97 Å². The molecule has 0 radical (unpaired) electrons. The number of ether oxygens (including phenoxy) is 1. The first-order chi connectivity index (χ1) is 13.8. The van der Waals surface area contributed by atoms with E-state index in [0.29, 0.717) is 18.4 Å². The van der Waals surface area contributed by atoms with Gasteiger partial charge in [0, 0.05) is 6.61 Å². The number of terminal acetylenes is 1. The van der Waals surface area contributed by atoms with Crippen LogP contribution in [0.3, 0.4) is 0 Å². The largest absolute Gasteiger partial charge is 0.480 e. The molecule has 4 atom stereocenters. The first-order valence-corrected chi connectivity index (χ1v) is 11.6. The van der Waals surface area contributed by atoms with Crippen molar-refractivity contribution in [2.75, 3.05) is 13.2 Å². The van der Waals surface area contributed by atoms with E-state index in [1.165, 1.54) is 51.4 Å². The molecule has 0 aromatic rings. The number of carboxylic acid groups (broad SMARTS) is 1. The van der Waals surface area contributed by atoms with Crippen LogP contribution in [0.2, 0.25) is 0 Å². The van der Waals surface area contributed by atoms with Gasteiger partial charge in [-0.15, -0.1) is 12.8 Å². The van der Waals surface area contributed by atoms with E-state index in [9.17, 15) is 9.90 Å². The highest BCUT2D eigenvalue weighted by Crippen LogP contribution is 2.29. The van der Waals surface area contributed by atoms with Crippen molar-refractivity contribution in [1.82, 2.24) is 0 Å². The van der Waals surface area contributed by atoms with E-state index in [4.69, 9.17) is 9.84 Å². The summed E-state index contributed by atoms with van der Waals surface area (Å²) in [5.41, 5.74) is 0. The number of carbonyl (C=O) groups is 1. The van der Waals surface area contributed by atoms with Crippen LogP contribution < -0.4 is 0 Å². The predicted molar refractivity (Wildman–Crippen MR) is 123 cm³/mol. The highest BCUT2D eigenvalue weighted by molar-refractivity contribution is 5.67. The molecule has 2 aliphatic rings. The van der Waals surface area contributed by atoms with Crippen LogP contribution in [0, 0.1) is 36.5 Å². The zero-order valence-corrected chi connectivity index (χ0v) is 19.7. The van der Waals surface area contributed by atoms with Crippen molar-refractivity contribution in [3.05, 3.63) is 0 Å². The van der Waals surface area contributed by atoms with Gasteiger partial charge in [0.05, 0.1) is 6.10 Å². The number of rotatable bonds is 7. The minimum absolute atomic E-state index is 0.0645. The maximum Gasteiger partial charge on any atom is 0.329 e. The first-order valence-electron chi connectivity index (χ1n) is 11.6. The van der Waals surface area contributed by atoms with Crippen LogP contribution in [-0.4, -0.2) is 35.5 Å². The van der Waals surface area contributed by atoms with Crippen molar-refractivity contribution in [3.63, 3.8) is 0 Å². The Hall–Kier alpha value is -1.05. The number of hydrogen-bond acceptors (Lipinski definition) is 3. The van der Waals surface area contributed by atoms with Crippen molar-refractivity contribution in [2.45, 2.75) is 105 Å². The number of aliphatic carboxylic acids is 1. The van der Waals surface area contributed by atoms with Crippen molar-refractivity contribution >= 4 is 5.97 Å². The fourth-order valence-corrected chi connectivity index (χ4v) is 3.60. The summed E-state index contributed by atoms with van der Waals surface area (Å²) in [4.78, 5) is 9.99. The summed E-state index contributed by atoms with van der Waals surface area (Å²) in [7, 11) is 0. The molecular weight excluding hydrogens is 364 g/mol. The Morgan fingerprint density at radius 1 is 1.00 bits per heavy atom. The predicted octanol–water partition coefficient (Wildman–Crippen LogP) is 6.16. The van der Waals surface area contributed by atoms with Gasteiger partial charge in [-0.3, -0.25) is 0 Å². The smallest absolute Gasteiger partial charge is 0.329 e. The minimum Gasteiger partial charge on any atom is -0.480 e. The maximum atomic E-state index is 9.99. The van der Waals surface area contributed by atoms with E-state index in [1.807, 2.05) is 6.92 Å². The van der Waals surface area contributed by atoms with Gasteiger partial charge in [-0.05, 0) is 49.9 Å². The number of carboxylic acids is 1. The molecule has 2 fully saturated rings. The van der Waals surface area contributed by atoms with E-state index < -0.39 is 5.97 Å². The van der Waals surface area contributed by atoms with E-state index in [0.717, 1.165) is 24.7 Å². The third-order valence-electron chi connectivity index (χ3n) is 6.30. The fourth-order valence-electron chi connectivity index (χ4n) is 3.60. The van der Waals surface area contributed by atoms with E-state index in [-0.39, 0.29) is 12.7 Å². The minimum atomic E-state index is -0.894. The molecule has 0 bridgehead atoms. The molecule has 0 saturated heterocycles. The fraction of sp³-hybridized carbons (Fsp3) is 0.880. The van der Waals surface area contributed by atoms with Gasteiger partial charge in [0.1, 0.15) is 6.61 Å². The summed E-state index contributed by atoms with van der Waals surface area (Å²) < 4.78 is 4.87. The van der Waals surface area contributed by atoms with Gasteiger partial charge in [-0.25, -0.2) is 4.79 Å². The molecule has 0 amide bonds. The van der Waals surface area contributed by atoms with Crippen LogP contribution in [0.1, 0.15) is 98.8 Å². The van der Waals surface area contributed by atoms with E-state index in [1.54, 1.807) is 0 Å². The molecule has 0 aliphatic heterocycles. The van der Waals surface area contributed by atoms with Crippen molar-refractivity contribution < 1.29 is 19.7 Å². The number of aliphatic hydroxyl groups is 1. The molecule has 4 unspecified atom stereocenters. The molecule has 2 aliphatic carbocycles. The molecule has 2 saturated carbocycles. The van der Waals surface area contributed by atoms with E-state index >= 15 is 0 Å². The summed E-state index contributed by atoms with van der Waals surface area (Å²) in [5.74, 6) is 2.37. The lowest BCUT2D eigenvalue weighted by atomic mass is 9.86. The molecular formula is C25H48O4. The third-order valence-corrected chi connectivity index (χ3v) is 6.30. The summed E-state index contributed by atoms with van der Waals surface area (Å²) in [6.45, 7) is 11.3. The lowest BCUT2D eigenvalue weighted by Crippen LogP contribution is -2.19. The molecule has 2 rings (SSSR count). The zero-order valence-electron chi connectivity index (χ0n) is 19.7. The number of aliphatic hydroxyl groups excluding tert-OH is 1. The molecule has 0 aromatic carbocycles. The molecule has 4 nitrogen and oxygen atoms in total. The zero-order chi connectivity index (χ0) is 22.7. The van der Waals surface area contributed by atoms with Gasteiger partial charge in [-0.1, -0.05) is 72.6 Å². The van der Waals surface area contributed by atoms with Gasteiger partial charge < -0.3 is 14.9 Å². The Kier molecular flexibility index (Phi) is 21.0. The molecule has 0 aromatic heterocycles. The summed E-state index contributed by atoms with van der Waals surface area (Å²) in [6.07, 6.45) is 21.0. The van der Waals surface area contributed by atoms with Crippen LogP contribution in [-0.2, 0) is 9.53 Å². The van der Waals surface area contributed by atoms with Gasteiger partial charge in [0.2, 0.25) is 0 Å².